The Labute approximate surface area is 107 Å². The molecule has 2 aromatic rings. The molecule has 2 rings (SSSR count). The molecule has 1 heterocycles. The Morgan fingerprint density at radius 1 is 1.31 bits per heavy atom. The van der Waals surface area contributed by atoms with Gasteiger partial charge >= 0.3 is 0 Å². The molecule has 84 valence electrons. The lowest BCUT2D eigenvalue weighted by Gasteiger charge is -2.12. The first-order valence-electron chi connectivity index (χ1n) is 5.04. The monoisotopic (exact) mass is 297 g/mol. The molecule has 0 aliphatic rings. The Kier molecular flexibility index (Phi) is 4.09. The summed E-state index contributed by atoms with van der Waals surface area (Å²) in [6.07, 6.45) is 2.60. The van der Waals surface area contributed by atoms with Crippen LogP contribution >= 0.6 is 27.3 Å². The first-order chi connectivity index (χ1) is 7.79. The fourth-order valence-electron chi connectivity index (χ4n) is 1.59. The number of hydrogen-bond donors (Lipinski definition) is 1. The molecule has 1 aromatic heterocycles. The highest BCUT2D eigenvalue weighted by Gasteiger charge is 2.12. The maximum Gasteiger partial charge on any atom is 0.0931 e. The molecule has 0 radical (unpaired) electrons. The summed E-state index contributed by atoms with van der Waals surface area (Å²) in [6.45, 7) is 0.154. The molecule has 16 heavy (non-hydrogen) atoms. The summed E-state index contributed by atoms with van der Waals surface area (Å²) in [4.78, 5) is 4.25. The van der Waals surface area contributed by atoms with Crippen LogP contribution in [0.4, 0.5) is 0 Å². The second-order valence-electron chi connectivity index (χ2n) is 3.56. The molecular formula is C12H12BrNOS. The topological polar surface area (TPSA) is 33.1 Å². The van der Waals surface area contributed by atoms with E-state index in [4.69, 9.17) is 0 Å². The van der Waals surface area contributed by atoms with E-state index in [0.29, 0.717) is 0 Å². The molecule has 1 aromatic carbocycles. The van der Waals surface area contributed by atoms with Gasteiger partial charge in [-0.2, -0.15) is 0 Å². The Morgan fingerprint density at radius 3 is 2.62 bits per heavy atom. The molecule has 0 amide bonds. The summed E-state index contributed by atoms with van der Waals surface area (Å²) in [6, 6.07) is 8.08. The number of aromatic nitrogens is 1. The van der Waals surface area contributed by atoms with Crippen molar-refractivity contribution in [2.75, 3.05) is 6.61 Å². The van der Waals surface area contributed by atoms with Crippen molar-refractivity contribution in [3.63, 3.8) is 0 Å². The van der Waals surface area contributed by atoms with Crippen molar-refractivity contribution in [2.24, 2.45) is 0 Å². The number of nitrogens with zero attached hydrogens (tertiary/aromatic N) is 1. The highest BCUT2D eigenvalue weighted by molar-refractivity contribution is 9.10. The van der Waals surface area contributed by atoms with Crippen molar-refractivity contribution in [1.29, 1.82) is 0 Å². The highest BCUT2D eigenvalue weighted by Crippen LogP contribution is 2.23. The van der Waals surface area contributed by atoms with E-state index in [-0.39, 0.29) is 12.5 Å². The normalized spacial score (nSPS) is 12.6. The second kappa shape index (κ2) is 5.57. The molecule has 0 fully saturated rings. The van der Waals surface area contributed by atoms with Gasteiger partial charge in [-0.3, -0.25) is 0 Å². The zero-order chi connectivity index (χ0) is 11.4. The van der Waals surface area contributed by atoms with Gasteiger partial charge in [0.2, 0.25) is 0 Å². The minimum Gasteiger partial charge on any atom is -0.396 e. The summed E-state index contributed by atoms with van der Waals surface area (Å²) in [5, 5.41) is 12.4. The molecule has 2 nitrogen and oxygen atoms in total. The number of aliphatic hydroxyl groups is 1. The van der Waals surface area contributed by atoms with Gasteiger partial charge in [-0.15, -0.1) is 11.3 Å². The van der Waals surface area contributed by atoms with Gasteiger partial charge in [0.15, 0.2) is 0 Å². The van der Waals surface area contributed by atoms with Crippen molar-refractivity contribution in [1.82, 2.24) is 4.98 Å². The molecule has 1 atom stereocenters. The maximum absolute atomic E-state index is 9.41. The van der Waals surface area contributed by atoms with Crippen molar-refractivity contribution in [3.05, 3.63) is 50.9 Å². The van der Waals surface area contributed by atoms with E-state index in [2.05, 4.69) is 20.9 Å². The van der Waals surface area contributed by atoms with E-state index in [1.54, 1.807) is 17.5 Å². The van der Waals surface area contributed by atoms with Crippen LogP contribution in [0.15, 0.2) is 40.3 Å². The average Bonchev–Trinajstić information content (AvgIpc) is 2.80. The molecule has 0 spiro atoms. The predicted molar refractivity (Wildman–Crippen MR) is 69.8 cm³/mol. The van der Waals surface area contributed by atoms with Crippen LogP contribution in [0.1, 0.15) is 16.5 Å². The Hall–Kier alpha value is -0.710. The largest absolute Gasteiger partial charge is 0.396 e. The van der Waals surface area contributed by atoms with E-state index >= 15 is 0 Å². The van der Waals surface area contributed by atoms with Gasteiger partial charge in [-0.1, -0.05) is 28.1 Å². The lowest BCUT2D eigenvalue weighted by Crippen LogP contribution is -2.07. The van der Waals surface area contributed by atoms with Crippen LogP contribution < -0.4 is 0 Å². The molecule has 1 N–H and O–H groups in total. The third-order valence-corrected chi connectivity index (χ3v) is 3.80. The SMILES string of the molecule is OCC(Cc1nccs1)c1ccc(Br)cc1. The summed E-state index contributed by atoms with van der Waals surface area (Å²) < 4.78 is 1.06. The number of aliphatic hydroxyl groups excluding tert-OH is 1. The molecule has 0 aliphatic heterocycles. The summed E-state index contributed by atoms with van der Waals surface area (Å²) in [5.41, 5.74) is 1.15. The van der Waals surface area contributed by atoms with E-state index in [1.807, 2.05) is 29.6 Å². The summed E-state index contributed by atoms with van der Waals surface area (Å²) in [5.74, 6) is 0.138. The van der Waals surface area contributed by atoms with Crippen LogP contribution in [-0.4, -0.2) is 16.7 Å². The van der Waals surface area contributed by atoms with E-state index in [9.17, 15) is 5.11 Å². The van der Waals surface area contributed by atoms with Crippen LogP contribution in [0.2, 0.25) is 0 Å². The maximum atomic E-state index is 9.41. The zero-order valence-electron chi connectivity index (χ0n) is 8.64. The number of thiazole rings is 1. The van der Waals surface area contributed by atoms with E-state index in [0.717, 1.165) is 21.5 Å². The van der Waals surface area contributed by atoms with Crippen molar-refractivity contribution in [2.45, 2.75) is 12.3 Å². The quantitative estimate of drug-likeness (QED) is 0.940. The van der Waals surface area contributed by atoms with Gasteiger partial charge in [-0.05, 0) is 17.7 Å². The van der Waals surface area contributed by atoms with Crippen LogP contribution in [0.3, 0.4) is 0 Å². The zero-order valence-corrected chi connectivity index (χ0v) is 11.0. The fraction of sp³-hybridized carbons (Fsp3) is 0.250. The second-order valence-corrected chi connectivity index (χ2v) is 5.46. The Morgan fingerprint density at radius 2 is 2.06 bits per heavy atom. The molecule has 0 saturated heterocycles. The van der Waals surface area contributed by atoms with Gasteiger partial charge in [0.05, 0.1) is 11.6 Å². The number of hydrogen-bond acceptors (Lipinski definition) is 3. The van der Waals surface area contributed by atoms with Gasteiger partial charge in [0.1, 0.15) is 0 Å². The highest BCUT2D eigenvalue weighted by atomic mass is 79.9. The summed E-state index contributed by atoms with van der Waals surface area (Å²) in [7, 11) is 0. The number of benzene rings is 1. The lowest BCUT2D eigenvalue weighted by atomic mass is 9.97. The molecule has 0 aliphatic carbocycles. The van der Waals surface area contributed by atoms with Crippen LogP contribution in [0.25, 0.3) is 0 Å². The summed E-state index contributed by atoms with van der Waals surface area (Å²) >= 11 is 5.04. The third-order valence-electron chi connectivity index (χ3n) is 2.47. The Balaban J connectivity index is 2.13. The van der Waals surface area contributed by atoms with Gasteiger partial charge < -0.3 is 5.11 Å². The fourth-order valence-corrected chi connectivity index (χ4v) is 2.55. The first kappa shape index (κ1) is 11.8. The average molecular weight is 298 g/mol. The van der Waals surface area contributed by atoms with Crippen molar-refractivity contribution in [3.8, 4) is 0 Å². The van der Waals surface area contributed by atoms with Crippen LogP contribution in [0, 0.1) is 0 Å². The van der Waals surface area contributed by atoms with Crippen LogP contribution in [0.5, 0.6) is 0 Å². The van der Waals surface area contributed by atoms with Crippen molar-refractivity contribution >= 4 is 27.3 Å². The van der Waals surface area contributed by atoms with E-state index in [1.165, 1.54) is 0 Å². The van der Waals surface area contributed by atoms with Crippen LogP contribution in [-0.2, 0) is 6.42 Å². The first-order valence-corrected chi connectivity index (χ1v) is 6.71. The molecule has 0 bridgehead atoms. The van der Waals surface area contributed by atoms with Crippen molar-refractivity contribution < 1.29 is 5.11 Å². The van der Waals surface area contributed by atoms with E-state index < -0.39 is 0 Å². The molecular weight excluding hydrogens is 286 g/mol. The van der Waals surface area contributed by atoms with Gasteiger partial charge in [0.25, 0.3) is 0 Å². The Bertz CT molecular complexity index is 427. The molecule has 1 unspecified atom stereocenters. The number of halogens is 1. The predicted octanol–water partition coefficient (Wildman–Crippen LogP) is 3.22. The van der Waals surface area contributed by atoms with Gasteiger partial charge in [-0.25, -0.2) is 4.98 Å². The lowest BCUT2D eigenvalue weighted by molar-refractivity contribution is 0.264. The molecule has 0 saturated carbocycles. The smallest absolute Gasteiger partial charge is 0.0931 e. The molecule has 4 heteroatoms. The standard InChI is InChI=1S/C12H12BrNOS/c13-11-3-1-9(2-4-11)10(8-15)7-12-14-5-6-16-12/h1-6,10,15H,7-8H2. The number of rotatable bonds is 4. The van der Waals surface area contributed by atoms with Gasteiger partial charge in [0, 0.05) is 28.4 Å². The third kappa shape index (κ3) is 2.90. The minimum absolute atomic E-state index is 0.138. The minimum atomic E-state index is 0.138.